The molecule has 0 aliphatic carbocycles. The minimum Gasteiger partial charge on any atom is -0.496 e. The van der Waals surface area contributed by atoms with Gasteiger partial charge >= 0.3 is 0 Å². The number of nitrogens with one attached hydrogen (secondary N) is 2. The molecule has 1 aliphatic heterocycles. The van der Waals surface area contributed by atoms with E-state index in [0.717, 1.165) is 11.8 Å². The summed E-state index contributed by atoms with van der Waals surface area (Å²) in [5, 5.41) is 15.2. The Kier molecular flexibility index (Phi) is 8.51. The molecule has 9 nitrogen and oxygen atoms in total. The second-order valence-electron chi connectivity index (χ2n) is 8.31. The molecule has 1 aliphatic rings. The number of rotatable bonds is 8. The van der Waals surface area contributed by atoms with Gasteiger partial charge in [0, 0.05) is 31.6 Å². The van der Waals surface area contributed by atoms with Gasteiger partial charge in [-0.05, 0) is 30.5 Å². The molecular formula is C24H32N4O5S. The predicted octanol–water partition coefficient (Wildman–Crippen LogP) is 1.36. The number of ether oxygens (including phenoxy) is 1. The van der Waals surface area contributed by atoms with Crippen LogP contribution in [0.2, 0.25) is 0 Å². The van der Waals surface area contributed by atoms with Crippen LogP contribution in [-0.4, -0.2) is 76.4 Å². The number of likely N-dealkylation sites (tertiary alicyclic amines) is 1. The monoisotopic (exact) mass is 488 g/mol. The number of nitrogens with zero attached hydrogens (tertiary/aromatic N) is 2. The lowest BCUT2D eigenvalue weighted by molar-refractivity contribution is 0.0929. The van der Waals surface area contributed by atoms with Gasteiger partial charge in [0.25, 0.3) is 15.9 Å². The van der Waals surface area contributed by atoms with Crippen molar-refractivity contribution < 1.29 is 23.1 Å². The first-order valence-corrected chi connectivity index (χ1v) is 13.0. The second-order valence-corrected chi connectivity index (χ2v) is 9.96. The third kappa shape index (κ3) is 6.48. The van der Waals surface area contributed by atoms with Gasteiger partial charge in [0.2, 0.25) is 5.96 Å². The molecular weight excluding hydrogens is 456 g/mol. The molecule has 1 amide bonds. The van der Waals surface area contributed by atoms with Crippen LogP contribution in [0.5, 0.6) is 5.75 Å². The first-order valence-electron chi connectivity index (χ1n) is 11.1. The summed E-state index contributed by atoms with van der Waals surface area (Å²) in [5.74, 6) is 0.538. The molecule has 10 heteroatoms. The van der Waals surface area contributed by atoms with Gasteiger partial charge < -0.3 is 25.4 Å². The number of benzene rings is 2. The summed E-state index contributed by atoms with van der Waals surface area (Å²) in [5.41, 5.74) is 1.25. The highest BCUT2D eigenvalue weighted by Crippen LogP contribution is 2.35. The highest BCUT2D eigenvalue weighted by Gasteiger charge is 2.37. The zero-order valence-electron chi connectivity index (χ0n) is 19.5. The Balaban J connectivity index is 1.80. The molecule has 1 saturated heterocycles. The maximum absolute atomic E-state index is 13.0. The SMILES string of the molecule is COc1ccccc1C(=O)NCC1(c2ccccc2)CCN(/C(=N/S(C)(=O)=O)NCCO)CC1. The van der Waals surface area contributed by atoms with Gasteiger partial charge in [0.05, 0.1) is 25.5 Å². The van der Waals surface area contributed by atoms with E-state index in [4.69, 9.17) is 9.84 Å². The molecule has 1 heterocycles. The number of para-hydroxylation sites is 1. The first-order chi connectivity index (χ1) is 16.3. The van der Waals surface area contributed by atoms with Crippen molar-refractivity contribution in [1.29, 1.82) is 0 Å². The van der Waals surface area contributed by atoms with Crippen LogP contribution in [0.3, 0.4) is 0 Å². The van der Waals surface area contributed by atoms with Crippen LogP contribution in [0, 0.1) is 0 Å². The predicted molar refractivity (Wildman–Crippen MR) is 132 cm³/mol. The average Bonchev–Trinajstić information content (AvgIpc) is 2.85. The lowest BCUT2D eigenvalue weighted by Gasteiger charge is -2.43. The fraction of sp³-hybridized carbons (Fsp3) is 0.417. The van der Waals surface area contributed by atoms with Crippen molar-refractivity contribution in [3.05, 3.63) is 65.7 Å². The zero-order chi connectivity index (χ0) is 24.6. The van der Waals surface area contributed by atoms with Crippen LogP contribution < -0.4 is 15.4 Å². The van der Waals surface area contributed by atoms with Gasteiger partial charge in [0.1, 0.15) is 5.75 Å². The summed E-state index contributed by atoms with van der Waals surface area (Å²) in [4.78, 5) is 14.8. The molecule has 184 valence electrons. The van der Waals surface area contributed by atoms with Crippen LogP contribution in [-0.2, 0) is 15.4 Å². The Morgan fingerprint density at radius 3 is 2.35 bits per heavy atom. The molecule has 0 atom stereocenters. The van der Waals surface area contributed by atoms with E-state index >= 15 is 0 Å². The van der Waals surface area contributed by atoms with Crippen LogP contribution in [0.25, 0.3) is 0 Å². The molecule has 34 heavy (non-hydrogen) atoms. The van der Waals surface area contributed by atoms with E-state index in [1.807, 2.05) is 29.2 Å². The summed E-state index contributed by atoms with van der Waals surface area (Å²) in [6, 6.07) is 17.1. The third-order valence-corrected chi connectivity index (χ3v) is 6.50. The minimum atomic E-state index is -3.61. The topological polar surface area (TPSA) is 120 Å². The van der Waals surface area contributed by atoms with Crippen molar-refractivity contribution in [3.63, 3.8) is 0 Å². The van der Waals surface area contributed by atoms with E-state index in [9.17, 15) is 13.2 Å². The smallest absolute Gasteiger partial charge is 0.255 e. The molecule has 3 rings (SSSR count). The van der Waals surface area contributed by atoms with E-state index < -0.39 is 10.0 Å². The molecule has 2 aromatic carbocycles. The number of hydrogen-bond donors (Lipinski definition) is 3. The number of piperidine rings is 1. The Labute approximate surface area is 200 Å². The number of amides is 1. The normalized spacial score (nSPS) is 16.1. The van der Waals surface area contributed by atoms with Crippen molar-refractivity contribution >= 4 is 21.9 Å². The zero-order valence-corrected chi connectivity index (χ0v) is 20.3. The van der Waals surface area contributed by atoms with E-state index in [2.05, 4.69) is 27.2 Å². The van der Waals surface area contributed by atoms with Crippen LogP contribution in [0.15, 0.2) is 59.0 Å². The van der Waals surface area contributed by atoms with Gasteiger partial charge in [-0.3, -0.25) is 4.79 Å². The maximum atomic E-state index is 13.0. The molecule has 0 saturated carbocycles. The number of guanidine groups is 1. The largest absolute Gasteiger partial charge is 0.496 e. The molecule has 0 spiro atoms. The van der Waals surface area contributed by atoms with Gasteiger partial charge in [-0.1, -0.05) is 42.5 Å². The number of aliphatic hydroxyl groups is 1. The number of carbonyl (C=O) groups excluding carboxylic acids is 1. The molecule has 3 N–H and O–H groups in total. The number of carbonyl (C=O) groups is 1. The lowest BCUT2D eigenvalue weighted by atomic mass is 9.72. The Hall–Kier alpha value is -3.11. The number of aliphatic hydroxyl groups excluding tert-OH is 1. The summed E-state index contributed by atoms with van der Waals surface area (Å²) in [6.07, 6.45) is 2.39. The average molecular weight is 489 g/mol. The van der Waals surface area contributed by atoms with Crippen molar-refractivity contribution in [3.8, 4) is 5.75 Å². The fourth-order valence-electron chi connectivity index (χ4n) is 4.21. The van der Waals surface area contributed by atoms with Gasteiger partial charge in [-0.2, -0.15) is 0 Å². The highest BCUT2D eigenvalue weighted by atomic mass is 32.2. The number of hydrogen-bond acceptors (Lipinski definition) is 5. The number of sulfonamides is 1. The second kappa shape index (κ2) is 11.3. The Morgan fingerprint density at radius 2 is 1.74 bits per heavy atom. The van der Waals surface area contributed by atoms with Crippen molar-refractivity contribution in [1.82, 2.24) is 15.5 Å². The maximum Gasteiger partial charge on any atom is 0.255 e. The van der Waals surface area contributed by atoms with Crippen molar-refractivity contribution in [2.24, 2.45) is 4.40 Å². The molecule has 0 aromatic heterocycles. The van der Waals surface area contributed by atoms with Crippen LogP contribution >= 0.6 is 0 Å². The van der Waals surface area contributed by atoms with E-state index in [1.165, 1.54) is 7.11 Å². The van der Waals surface area contributed by atoms with Gasteiger partial charge in [-0.25, -0.2) is 8.42 Å². The van der Waals surface area contributed by atoms with Gasteiger partial charge in [-0.15, -0.1) is 4.40 Å². The number of methoxy groups -OCH3 is 1. The summed E-state index contributed by atoms with van der Waals surface area (Å²) in [6.45, 7) is 1.55. The first kappa shape index (κ1) is 25.5. The quantitative estimate of drug-likeness (QED) is 0.379. The van der Waals surface area contributed by atoms with Crippen molar-refractivity contribution in [2.45, 2.75) is 18.3 Å². The molecule has 0 bridgehead atoms. The van der Waals surface area contributed by atoms with E-state index in [-0.39, 0.29) is 30.4 Å². The Morgan fingerprint density at radius 1 is 1.09 bits per heavy atom. The standard InChI is InChI=1S/C24H32N4O5S/c1-33-21-11-7-6-10-20(21)22(30)26-18-24(19-8-4-3-5-9-19)12-15-28(16-13-24)23(25-14-17-29)27-34(2,31)32/h3-11,29H,12-18H2,1-2H3,(H,25,27)(H,26,30). The summed E-state index contributed by atoms with van der Waals surface area (Å²) in [7, 11) is -2.07. The van der Waals surface area contributed by atoms with Crippen LogP contribution in [0.4, 0.5) is 0 Å². The molecule has 2 aromatic rings. The lowest BCUT2D eigenvalue weighted by Crippen LogP contribution is -2.53. The summed E-state index contributed by atoms with van der Waals surface area (Å²) >= 11 is 0. The molecule has 0 unspecified atom stereocenters. The molecule has 0 radical (unpaired) electrons. The summed E-state index contributed by atoms with van der Waals surface area (Å²) < 4.78 is 32.7. The van der Waals surface area contributed by atoms with E-state index in [1.54, 1.807) is 18.2 Å². The highest BCUT2D eigenvalue weighted by molar-refractivity contribution is 7.89. The van der Waals surface area contributed by atoms with Crippen molar-refractivity contribution in [2.75, 3.05) is 46.2 Å². The van der Waals surface area contributed by atoms with Gasteiger partial charge in [0.15, 0.2) is 0 Å². The van der Waals surface area contributed by atoms with E-state index in [0.29, 0.717) is 43.8 Å². The third-order valence-electron chi connectivity index (χ3n) is 5.99. The minimum absolute atomic E-state index is 0.139. The Bertz CT molecular complexity index is 1100. The fourth-order valence-corrected chi connectivity index (χ4v) is 4.70. The van der Waals surface area contributed by atoms with Crippen LogP contribution in [0.1, 0.15) is 28.8 Å². The molecule has 1 fully saturated rings.